The first kappa shape index (κ1) is 15.6. The number of hydrogen-bond donors (Lipinski definition) is 1. The van der Waals surface area contributed by atoms with E-state index in [1.54, 1.807) is 4.90 Å². The molecule has 1 aromatic rings. The largest absolute Gasteiger partial charge is 0.479 e. The van der Waals surface area contributed by atoms with Gasteiger partial charge in [0.05, 0.1) is 4.92 Å². The number of nitro benzene ring substituents is 1. The summed E-state index contributed by atoms with van der Waals surface area (Å²) in [5.74, 6) is -0.934. The number of carboxylic acid groups (broad SMARTS) is 1. The van der Waals surface area contributed by atoms with Gasteiger partial charge in [-0.25, -0.2) is 4.79 Å². The molecule has 0 aliphatic carbocycles. The van der Waals surface area contributed by atoms with E-state index in [0.717, 1.165) is 0 Å². The second-order valence-electron chi connectivity index (χ2n) is 5.23. The van der Waals surface area contributed by atoms with Crippen molar-refractivity contribution in [3.05, 3.63) is 33.3 Å². The monoisotopic (exact) mass is 312 g/mol. The van der Waals surface area contributed by atoms with Crippen LogP contribution in [0.25, 0.3) is 0 Å². The van der Waals surface area contributed by atoms with Crippen molar-refractivity contribution in [2.24, 2.45) is 0 Å². The summed E-state index contributed by atoms with van der Waals surface area (Å²) in [6.45, 7) is 2.39. The molecule has 0 bridgehead atoms. The second-order valence-corrected chi connectivity index (χ2v) is 5.67. The normalized spacial score (nSPS) is 21.5. The first-order valence-corrected chi connectivity index (χ1v) is 7.25. The number of carboxylic acids is 1. The Kier molecular flexibility index (Phi) is 4.37. The van der Waals surface area contributed by atoms with Crippen LogP contribution in [0.1, 0.15) is 32.6 Å². The predicted molar refractivity (Wildman–Crippen MR) is 80.0 cm³/mol. The van der Waals surface area contributed by atoms with Gasteiger partial charge in [-0.2, -0.15) is 0 Å². The Balaban J connectivity index is 2.56. The van der Waals surface area contributed by atoms with Crippen molar-refractivity contribution in [1.29, 1.82) is 0 Å². The molecule has 0 aromatic heterocycles. The number of nitrogens with zero attached hydrogens (tertiary/aromatic N) is 2. The van der Waals surface area contributed by atoms with Crippen LogP contribution in [-0.4, -0.2) is 28.1 Å². The van der Waals surface area contributed by atoms with Crippen molar-refractivity contribution in [3.63, 3.8) is 0 Å². The van der Waals surface area contributed by atoms with Gasteiger partial charge >= 0.3 is 5.97 Å². The summed E-state index contributed by atoms with van der Waals surface area (Å²) in [6.07, 6.45) is 2.32. The first-order valence-electron chi connectivity index (χ1n) is 6.87. The van der Waals surface area contributed by atoms with E-state index in [4.69, 9.17) is 11.6 Å². The molecule has 1 unspecified atom stereocenters. The number of rotatable bonds is 5. The number of hydrogen-bond acceptors (Lipinski definition) is 4. The van der Waals surface area contributed by atoms with Crippen molar-refractivity contribution in [1.82, 2.24) is 0 Å². The Bertz CT molecular complexity index is 578. The SMILES string of the molecule is CCCC1(C(=O)O)CCCN1c1cc(Cl)ccc1[N+](=O)[O-]. The maximum Gasteiger partial charge on any atom is 0.329 e. The van der Waals surface area contributed by atoms with E-state index >= 15 is 0 Å². The predicted octanol–water partition coefficient (Wildman–Crippen LogP) is 3.47. The molecular formula is C14H17ClN2O4. The highest BCUT2D eigenvalue weighted by atomic mass is 35.5. The Labute approximate surface area is 127 Å². The van der Waals surface area contributed by atoms with E-state index in [1.165, 1.54) is 18.2 Å². The van der Waals surface area contributed by atoms with Crippen LogP contribution in [0.5, 0.6) is 0 Å². The highest BCUT2D eigenvalue weighted by Gasteiger charge is 2.48. The molecule has 1 heterocycles. The molecule has 2 rings (SSSR count). The molecular weight excluding hydrogens is 296 g/mol. The van der Waals surface area contributed by atoms with E-state index in [0.29, 0.717) is 42.9 Å². The van der Waals surface area contributed by atoms with Crippen molar-refractivity contribution in [2.75, 3.05) is 11.4 Å². The van der Waals surface area contributed by atoms with Crippen LogP contribution in [0.15, 0.2) is 18.2 Å². The minimum Gasteiger partial charge on any atom is -0.479 e. The van der Waals surface area contributed by atoms with Crippen LogP contribution in [0.2, 0.25) is 5.02 Å². The number of benzene rings is 1. The summed E-state index contributed by atoms with van der Waals surface area (Å²) < 4.78 is 0. The van der Waals surface area contributed by atoms with Crippen LogP contribution < -0.4 is 4.90 Å². The average Bonchev–Trinajstić information content (AvgIpc) is 2.83. The lowest BCUT2D eigenvalue weighted by molar-refractivity contribution is -0.384. The third-order valence-corrected chi connectivity index (χ3v) is 4.21. The highest BCUT2D eigenvalue weighted by molar-refractivity contribution is 6.31. The van der Waals surface area contributed by atoms with E-state index in [-0.39, 0.29) is 5.69 Å². The molecule has 114 valence electrons. The maximum absolute atomic E-state index is 11.8. The molecule has 0 radical (unpaired) electrons. The number of halogens is 1. The fourth-order valence-corrected chi connectivity index (χ4v) is 3.27. The van der Waals surface area contributed by atoms with Crippen LogP contribution >= 0.6 is 11.6 Å². The van der Waals surface area contributed by atoms with E-state index < -0.39 is 16.4 Å². The fraction of sp³-hybridized carbons (Fsp3) is 0.500. The summed E-state index contributed by atoms with van der Waals surface area (Å²) in [5, 5.41) is 21.3. The van der Waals surface area contributed by atoms with Gasteiger partial charge in [-0.3, -0.25) is 10.1 Å². The Morgan fingerprint density at radius 2 is 2.29 bits per heavy atom. The number of nitro groups is 1. The molecule has 6 nitrogen and oxygen atoms in total. The van der Waals surface area contributed by atoms with Gasteiger partial charge in [0, 0.05) is 17.6 Å². The zero-order valence-electron chi connectivity index (χ0n) is 11.7. The molecule has 7 heteroatoms. The van der Waals surface area contributed by atoms with Gasteiger partial charge in [0.1, 0.15) is 11.2 Å². The van der Waals surface area contributed by atoms with E-state index in [2.05, 4.69) is 0 Å². The summed E-state index contributed by atoms with van der Waals surface area (Å²) in [6, 6.07) is 4.26. The lowest BCUT2D eigenvalue weighted by Crippen LogP contribution is -2.51. The molecule has 0 saturated carbocycles. The van der Waals surface area contributed by atoms with Gasteiger partial charge in [0.25, 0.3) is 5.69 Å². The van der Waals surface area contributed by atoms with Crippen LogP contribution in [0, 0.1) is 10.1 Å². The molecule has 0 amide bonds. The Hall–Kier alpha value is -1.82. The van der Waals surface area contributed by atoms with Gasteiger partial charge in [0.15, 0.2) is 0 Å². The smallest absolute Gasteiger partial charge is 0.329 e. The molecule has 1 atom stereocenters. The summed E-state index contributed by atoms with van der Waals surface area (Å²) in [5.41, 5.74) is -0.895. The van der Waals surface area contributed by atoms with Gasteiger partial charge in [-0.1, -0.05) is 24.9 Å². The third kappa shape index (κ3) is 2.68. The lowest BCUT2D eigenvalue weighted by Gasteiger charge is -2.36. The number of carbonyl (C=O) groups is 1. The summed E-state index contributed by atoms with van der Waals surface area (Å²) in [4.78, 5) is 24.2. The summed E-state index contributed by atoms with van der Waals surface area (Å²) >= 11 is 5.95. The molecule has 21 heavy (non-hydrogen) atoms. The highest BCUT2D eigenvalue weighted by Crippen LogP contribution is 2.42. The van der Waals surface area contributed by atoms with Gasteiger partial charge < -0.3 is 10.0 Å². The van der Waals surface area contributed by atoms with Crippen LogP contribution in [-0.2, 0) is 4.79 Å². The van der Waals surface area contributed by atoms with Crippen molar-refractivity contribution in [3.8, 4) is 0 Å². The summed E-state index contributed by atoms with van der Waals surface area (Å²) in [7, 11) is 0. The third-order valence-electron chi connectivity index (χ3n) is 3.98. The first-order chi connectivity index (χ1) is 9.92. The van der Waals surface area contributed by atoms with Crippen molar-refractivity contribution < 1.29 is 14.8 Å². The zero-order valence-corrected chi connectivity index (χ0v) is 12.5. The molecule has 1 aromatic carbocycles. The van der Waals surface area contributed by atoms with Gasteiger partial charge in [-0.15, -0.1) is 0 Å². The quantitative estimate of drug-likeness (QED) is 0.664. The number of aliphatic carboxylic acids is 1. The van der Waals surface area contributed by atoms with Gasteiger partial charge in [0.2, 0.25) is 0 Å². The fourth-order valence-electron chi connectivity index (χ4n) is 3.10. The molecule has 1 aliphatic heterocycles. The Morgan fingerprint density at radius 3 is 2.86 bits per heavy atom. The standard InChI is InChI=1S/C14H17ClN2O4/c1-2-6-14(13(18)19)7-3-8-16(14)12-9-10(15)4-5-11(12)17(20)21/h4-5,9H,2-3,6-8H2,1H3,(H,18,19). The topological polar surface area (TPSA) is 83.7 Å². The van der Waals surface area contributed by atoms with Gasteiger partial charge in [-0.05, 0) is 31.4 Å². The van der Waals surface area contributed by atoms with Crippen molar-refractivity contribution in [2.45, 2.75) is 38.1 Å². The second kappa shape index (κ2) is 5.89. The molecule has 1 fully saturated rings. The zero-order chi connectivity index (χ0) is 15.6. The molecule has 1 saturated heterocycles. The maximum atomic E-state index is 11.8. The average molecular weight is 313 g/mol. The molecule has 1 aliphatic rings. The molecule has 0 spiro atoms. The minimum absolute atomic E-state index is 0.108. The molecule has 1 N–H and O–H groups in total. The van der Waals surface area contributed by atoms with E-state index in [9.17, 15) is 20.0 Å². The Morgan fingerprint density at radius 1 is 1.57 bits per heavy atom. The number of anilines is 1. The van der Waals surface area contributed by atoms with Crippen LogP contribution in [0.4, 0.5) is 11.4 Å². The van der Waals surface area contributed by atoms with Crippen LogP contribution in [0.3, 0.4) is 0 Å². The minimum atomic E-state index is -1.08. The van der Waals surface area contributed by atoms with Crippen molar-refractivity contribution >= 4 is 28.9 Å². The lowest BCUT2D eigenvalue weighted by atomic mass is 9.90. The van der Waals surface area contributed by atoms with E-state index in [1.807, 2.05) is 6.92 Å².